The molecule has 2 bridgehead atoms. The second-order valence-corrected chi connectivity index (χ2v) is 10.2. The Balaban J connectivity index is 1.37. The molecule has 2 aromatic heterocycles. The van der Waals surface area contributed by atoms with Crippen molar-refractivity contribution in [2.75, 3.05) is 26.2 Å². The van der Waals surface area contributed by atoms with Crippen LogP contribution in [0.2, 0.25) is 0 Å². The van der Waals surface area contributed by atoms with Crippen molar-refractivity contribution in [2.24, 2.45) is 5.92 Å². The van der Waals surface area contributed by atoms with E-state index in [9.17, 15) is 9.59 Å². The number of amides is 1. The SMILES string of the molecule is Cc1ccc(C(=O)N2C[C@@H]3C[C@H](C2)c2ccc(CN4CCCCC4)c(=O)n2C3)s1. The van der Waals surface area contributed by atoms with Gasteiger partial charge in [-0.25, -0.2) is 0 Å². The fourth-order valence-electron chi connectivity index (χ4n) is 5.34. The minimum Gasteiger partial charge on any atom is -0.337 e. The van der Waals surface area contributed by atoms with Gasteiger partial charge in [0.1, 0.15) is 0 Å². The molecule has 3 aliphatic rings. The van der Waals surface area contributed by atoms with Crippen LogP contribution in [0.15, 0.2) is 29.1 Å². The number of aromatic nitrogens is 1. The van der Waals surface area contributed by atoms with Gasteiger partial charge in [0, 0.05) is 48.2 Å². The molecule has 2 aromatic rings. The highest BCUT2D eigenvalue weighted by Crippen LogP contribution is 2.36. The van der Waals surface area contributed by atoms with Crippen molar-refractivity contribution in [2.45, 2.75) is 51.6 Å². The van der Waals surface area contributed by atoms with Crippen LogP contribution in [-0.2, 0) is 13.1 Å². The number of rotatable bonds is 3. The zero-order chi connectivity index (χ0) is 20.0. The Morgan fingerprint density at radius 3 is 2.66 bits per heavy atom. The molecule has 0 N–H and O–H groups in total. The summed E-state index contributed by atoms with van der Waals surface area (Å²) in [5.74, 6) is 0.786. The Morgan fingerprint density at radius 1 is 1.07 bits per heavy atom. The van der Waals surface area contributed by atoms with E-state index in [0.29, 0.717) is 5.92 Å². The maximum Gasteiger partial charge on any atom is 0.263 e. The van der Waals surface area contributed by atoms with Gasteiger partial charge in [0.15, 0.2) is 0 Å². The predicted molar refractivity (Wildman–Crippen MR) is 116 cm³/mol. The Hall–Kier alpha value is -1.92. The van der Waals surface area contributed by atoms with E-state index >= 15 is 0 Å². The molecule has 5 heterocycles. The molecule has 1 amide bonds. The Morgan fingerprint density at radius 2 is 1.90 bits per heavy atom. The number of likely N-dealkylation sites (tertiary alicyclic amines) is 2. The minimum atomic E-state index is 0.148. The van der Waals surface area contributed by atoms with Gasteiger partial charge < -0.3 is 9.47 Å². The Labute approximate surface area is 175 Å². The summed E-state index contributed by atoms with van der Waals surface area (Å²) < 4.78 is 2.02. The Bertz CT molecular complexity index is 973. The highest BCUT2D eigenvalue weighted by atomic mass is 32.1. The second kappa shape index (κ2) is 7.73. The highest BCUT2D eigenvalue weighted by Gasteiger charge is 2.37. The molecular formula is C23H29N3O2S. The standard InChI is InChI=1S/C23H29N3O2S/c1-16-5-8-21(29-16)23(28)25-12-17-11-19(15-25)20-7-6-18(22(27)26(20)13-17)14-24-9-3-2-4-10-24/h5-8,17,19H,2-4,9-15H2,1H3/t17-,19+/m0/s1. The van der Waals surface area contributed by atoms with Gasteiger partial charge in [-0.2, -0.15) is 0 Å². The summed E-state index contributed by atoms with van der Waals surface area (Å²) in [4.78, 5) is 32.6. The molecule has 5 nitrogen and oxygen atoms in total. The van der Waals surface area contributed by atoms with Crippen LogP contribution in [0.4, 0.5) is 0 Å². The third kappa shape index (κ3) is 3.68. The van der Waals surface area contributed by atoms with Crippen molar-refractivity contribution >= 4 is 17.2 Å². The fraction of sp³-hybridized carbons (Fsp3) is 0.565. The van der Waals surface area contributed by atoms with Crippen LogP contribution in [0, 0.1) is 12.8 Å². The summed E-state index contributed by atoms with van der Waals surface area (Å²) in [6.45, 7) is 7.24. The van der Waals surface area contributed by atoms with Crippen LogP contribution < -0.4 is 5.56 Å². The van der Waals surface area contributed by atoms with E-state index in [1.165, 1.54) is 24.1 Å². The summed E-state index contributed by atoms with van der Waals surface area (Å²) in [6, 6.07) is 8.16. The summed E-state index contributed by atoms with van der Waals surface area (Å²) >= 11 is 1.57. The van der Waals surface area contributed by atoms with Crippen molar-refractivity contribution < 1.29 is 4.79 Å². The molecule has 29 heavy (non-hydrogen) atoms. The summed E-state index contributed by atoms with van der Waals surface area (Å²) in [7, 11) is 0. The number of hydrogen-bond acceptors (Lipinski definition) is 4. The van der Waals surface area contributed by atoms with E-state index in [2.05, 4.69) is 11.0 Å². The first-order valence-corrected chi connectivity index (χ1v) is 11.7. The second-order valence-electron chi connectivity index (χ2n) is 8.96. The molecule has 0 radical (unpaired) electrons. The molecule has 154 valence electrons. The van der Waals surface area contributed by atoms with E-state index in [1.54, 1.807) is 11.3 Å². The molecule has 0 saturated carbocycles. The summed E-state index contributed by atoms with van der Waals surface area (Å²) in [6.07, 6.45) is 4.87. The first kappa shape index (κ1) is 19.1. The third-order valence-electron chi connectivity index (χ3n) is 6.76. The molecule has 0 unspecified atom stereocenters. The normalized spacial score (nSPS) is 24.4. The average Bonchev–Trinajstić information content (AvgIpc) is 3.17. The van der Waals surface area contributed by atoms with Crippen molar-refractivity contribution in [3.63, 3.8) is 0 Å². The van der Waals surface area contributed by atoms with Crippen molar-refractivity contribution in [3.05, 3.63) is 55.6 Å². The van der Waals surface area contributed by atoms with E-state index < -0.39 is 0 Å². The number of aryl methyl sites for hydroxylation is 1. The maximum absolute atomic E-state index is 13.2. The van der Waals surface area contributed by atoms with Gasteiger partial charge in [0.2, 0.25) is 0 Å². The zero-order valence-corrected chi connectivity index (χ0v) is 17.9. The third-order valence-corrected chi connectivity index (χ3v) is 7.75. The zero-order valence-electron chi connectivity index (χ0n) is 17.1. The van der Waals surface area contributed by atoms with E-state index in [4.69, 9.17) is 0 Å². The van der Waals surface area contributed by atoms with E-state index in [-0.39, 0.29) is 17.4 Å². The molecule has 2 atom stereocenters. The van der Waals surface area contributed by atoms with Crippen LogP contribution in [0.1, 0.15) is 57.4 Å². The van der Waals surface area contributed by atoms with Crippen molar-refractivity contribution in [1.29, 1.82) is 0 Å². The Kier molecular flexibility index (Phi) is 5.08. The molecule has 0 aromatic carbocycles. The van der Waals surface area contributed by atoms with Gasteiger partial charge in [0.25, 0.3) is 11.5 Å². The van der Waals surface area contributed by atoms with Crippen LogP contribution in [0.25, 0.3) is 0 Å². The van der Waals surface area contributed by atoms with Gasteiger partial charge in [-0.1, -0.05) is 12.5 Å². The van der Waals surface area contributed by atoms with E-state index in [1.807, 2.05) is 34.6 Å². The van der Waals surface area contributed by atoms with E-state index in [0.717, 1.165) is 61.8 Å². The first-order valence-electron chi connectivity index (χ1n) is 10.9. The fourth-order valence-corrected chi connectivity index (χ4v) is 6.18. The van der Waals surface area contributed by atoms with Crippen LogP contribution in [0.3, 0.4) is 0 Å². The van der Waals surface area contributed by atoms with Crippen LogP contribution in [0.5, 0.6) is 0 Å². The van der Waals surface area contributed by atoms with Gasteiger partial charge in [-0.3, -0.25) is 14.5 Å². The minimum absolute atomic E-state index is 0.148. The molecule has 3 aliphatic heterocycles. The summed E-state index contributed by atoms with van der Waals surface area (Å²) in [5, 5.41) is 0. The number of fused-ring (bicyclic) bond motifs is 4. The lowest BCUT2D eigenvalue weighted by atomic mass is 9.83. The molecule has 2 fully saturated rings. The van der Waals surface area contributed by atoms with Gasteiger partial charge in [-0.05, 0) is 63.4 Å². The molecular weight excluding hydrogens is 382 g/mol. The van der Waals surface area contributed by atoms with Gasteiger partial charge in [-0.15, -0.1) is 11.3 Å². The number of piperidine rings is 2. The lowest BCUT2D eigenvalue weighted by Crippen LogP contribution is -2.49. The van der Waals surface area contributed by atoms with Crippen LogP contribution in [-0.4, -0.2) is 46.5 Å². The average molecular weight is 412 g/mol. The molecule has 0 aliphatic carbocycles. The largest absolute Gasteiger partial charge is 0.337 e. The number of pyridine rings is 1. The van der Waals surface area contributed by atoms with Crippen molar-refractivity contribution in [3.8, 4) is 0 Å². The number of hydrogen-bond donors (Lipinski definition) is 0. The number of carbonyl (C=O) groups excluding carboxylic acids is 1. The smallest absolute Gasteiger partial charge is 0.263 e. The lowest BCUT2D eigenvalue weighted by molar-refractivity contribution is 0.0599. The lowest BCUT2D eigenvalue weighted by Gasteiger charge is -2.43. The molecule has 2 saturated heterocycles. The first-order chi connectivity index (χ1) is 14.1. The predicted octanol–water partition coefficient (Wildman–Crippen LogP) is 3.46. The number of carbonyl (C=O) groups is 1. The van der Waals surface area contributed by atoms with Gasteiger partial charge in [0.05, 0.1) is 4.88 Å². The van der Waals surface area contributed by atoms with Crippen molar-refractivity contribution in [1.82, 2.24) is 14.4 Å². The molecule has 5 rings (SSSR count). The number of nitrogens with zero attached hydrogens (tertiary/aromatic N) is 3. The topological polar surface area (TPSA) is 45.6 Å². The number of thiophene rings is 1. The highest BCUT2D eigenvalue weighted by molar-refractivity contribution is 7.13. The maximum atomic E-state index is 13.2. The monoisotopic (exact) mass is 411 g/mol. The van der Waals surface area contributed by atoms with Gasteiger partial charge >= 0.3 is 0 Å². The van der Waals surface area contributed by atoms with Crippen LogP contribution >= 0.6 is 11.3 Å². The quantitative estimate of drug-likeness (QED) is 0.777. The molecule has 6 heteroatoms. The summed E-state index contributed by atoms with van der Waals surface area (Å²) in [5.41, 5.74) is 2.24. The molecule has 0 spiro atoms.